The normalized spacial score (nSPS) is 19.1. The number of para-hydroxylation sites is 1. The van der Waals surface area contributed by atoms with Crippen LogP contribution in [-0.2, 0) is 29.6 Å². The monoisotopic (exact) mass is 318 g/mol. The fourth-order valence-corrected chi connectivity index (χ4v) is 2.63. The number of carbonyl (C=O) groups excluding carboxylic acids is 3. The molecular formula is C16H18N2O5. The van der Waals surface area contributed by atoms with E-state index in [2.05, 4.69) is 16.9 Å². The number of likely N-dealkylation sites (N-methyl/N-ethyl adjacent to an activating group) is 1. The minimum Gasteiger partial charge on any atom is -0.444 e. The Balaban J connectivity index is 2.40. The molecule has 0 fully saturated rings. The van der Waals surface area contributed by atoms with Gasteiger partial charge in [-0.05, 0) is 6.07 Å². The van der Waals surface area contributed by atoms with Crippen molar-refractivity contribution >= 4 is 23.5 Å². The number of carbonyl (C=O) groups is 3. The van der Waals surface area contributed by atoms with E-state index in [-0.39, 0.29) is 18.0 Å². The molecule has 1 N–H and O–H groups in total. The van der Waals surface area contributed by atoms with Crippen LogP contribution in [-0.4, -0.2) is 24.9 Å². The Hall–Kier alpha value is -2.83. The van der Waals surface area contributed by atoms with E-state index >= 15 is 0 Å². The standard InChI is InChI=1S/C16H18N2O5/c1-10(17-23-12(3)20)9-16(22-11(2)19)13-7-5-6-8-14(13)18(4)15(16)21/h5-8,17H,1,9H2,2-4H3. The summed E-state index contributed by atoms with van der Waals surface area (Å²) in [5, 5.41) is 0. The van der Waals surface area contributed by atoms with Crippen LogP contribution in [0.2, 0.25) is 0 Å². The number of benzene rings is 1. The Bertz CT molecular complexity index is 685. The van der Waals surface area contributed by atoms with Gasteiger partial charge < -0.3 is 14.5 Å². The van der Waals surface area contributed by atoms with E-state index in [4.69, 9.17) is 4.74 Å². The third kappa shape index (κ3) is 3.03. The molecule has 1 aliphatic heterocycles. The minimum absolute atomic E-state index is 0.0555. The fourth-order valence-electron chi connectivity index (χ4n) is 2.63. The number of ether oxygens (including phenoxy) is 1. The van der Waals surface area contributed by atoms with Gasteiger partial charge in [0.05, 0.1) is 5.69 Å². The lowest BCUT2D eigenvalue weighted by atomic mass is 9.90. The van der Waals surface area contributed by atoms with Gasteiger partial charge in [-0.25, -0.2) is 5.48 Å². The highest BCUT2D eigenvalue weighted by Gasteiger charge is 2.53. The number of nitrogens with zero attached hydrogens (tertiary/aromatic N) is 1. The average molecular weight is 318 g/mol. The van der Waals surface area contributed by atoms with Gasteiger partial charge in [-0.1, -0.05) is 24.8 Å². The third-order valence-corrected chi connectivity index (χ3v) is 3.47. The first-order valence-corrected chi connectivity index (χ1v) is 6.96. The molecule has 0 aliphatic carbocycles. The number of nitrogens with one attached hydrogen (secondary N) is 1. The Labute approximate surface area is 133 Å². The van der Waals surface area contributed by atoms with E-state index in [1.165, 1.54) is 18.7 Å². The van der Waals surface area contributed by atoms with E-state index in [1.807, 2.05) is 0 Å². The van der Waals surface area contributed by atoms with E-state index < -0.39 is 17.5 Å². The van der Waals surface area contributed by atoms with Crippen molar-refractivity contribution < 1.29 is 24.0 Å². The highest BCUT2D eigenvalue weighted by Crippen LogP contribution is 2.45. The molecule has 0 spiro atoms. The number of amides is 1. The lowest BCUT2D eigenvalue weighted by Gasteiger charge is -2.28. The second kappa shape index (κ2) is 6.12. The van der Waals surface area contributed by atoms with Crippen LogP contribution >= 0.6 is 0 Å². The molecule has 0 saturated carbocycles. The number of hydrogen-bond acceptors (Lipinski definition) is 6. The average Bonchev–Trinajstić information content (AvgIpc) is 2.68. The first-order chi connectivity index (χ1) is 10.8. The Morgan fingerprint density at radius 2 is 1.91 bits per heavy atom. The van der Waals surface area contributed by atoms with E-state index in [9.17, 15) is 14.4 Å². The Kier molecular flexibility index (Phi) is 4.40. The van der Waals surface area contributed by atoms with Crippen LogP contribution < -0.4 is 10.4 Å². The van der Waals surface area contributed by atoms with Crippen molar-refractivity contribution in [2.45, 2.75) is 25.9 Å². The van der Waals surface area contributed by atoms with Crippen LogP contribution in [0.25, 0.3) is 0 Å². The fraction of sp³-hybridized carbons (Fsp3) is 0.312. The third-order valence-electron chi connectivity index (χ3n) is 3.47. The summed E-state index contributed by atoms with van der Waals surface area (Å²) in [7, 11) is 1.61. The second-order valence-corrected chi connectivity index (χ2v) is 5.28. The Morgan fingerprint density at radius 3 is 2.52 bits per heavy atom. The number of esters is 1. The van der Waals surface area contributed by atoms with Crippen LogP contribution in [0, 0.1) is 0 Å². The van der Waals surface area contributed by atoms with Crippen LogP contribution in [0.1, 0.15) is 25.8 Å². The van der Waals surface area contributed by atoms with E-state index in [0.717, 1.165) is 0 Å². The van der Waals surface area contributed by atoms with Crippen molar-refractivity contribution in [2.75, 3.05) is 11.9 Å². The largest absolute Gasteiger partial charge is 0.444 e. The molecule has 7 nitrogen and oxygen atoms in total. The summed E-state index contributed by atoms with van der Waals surface area (Å²) in [6.07, 6.45) is -0.0555. The van der Waals surface area contributed by atoms with Crippen LogP contribution in [0.3, 0.4) is 0 Å². The van der Waals surface area contributed by atoms with Gasteiger partial charge in [0, 0.05) is 38.6 Å². The summed E-state index contributed by atoms with van der Waals surface area (Å²) >= 11 is 0. The molecule has 1 heterocycles. The highest BCUT2D eigenvalue weighted by atomic mass is 16.7. The predicted molar refractivity (Wildman–Crippen MR) is 82.0 cm³/mol. The Morgan fingerprint density at radius 1 is 1.26 bits per heavy atom. The molecular weight excluding hydrogens is 300 g/mol. The molecule has 1 aromatic carbocycles. The van der Waals surface area contributed by atoms with Crippen molar-refractivity contribution in [3.8, 4) is 0 Å². The van der Waals surface area contributed by atoms with E-state index in [0.29, 0.717) is 11.3 Å². The van der Waals surface area contributed by atoms with Gasteiger partial charge in [0.2, 0.25) is 5.60 Å². The van der Waals surface area contributed by atoms with Crippen LogP contribution in [0.15, 0.2) is 36.5 Å². The van der Waals surface area contributed by atoms with Crippen LogP contribution in [0.5, 0.6) is 0 Å². The molecule has 1 aliphatic rings. The van der Waals surface area contributed by atoms with Gasteiger partial charge >= 0.3 is 11.9 Å². The summed E-state index contributed by atoms with van der Waals surface area (Å²) in [4.78, 5) is 41.3. The maximum absolute atomic E-state index is 12.8. The second-order valence-electron chi connectivity index (χ2n) is 5.28. The SMILES string of the molecule is C=C(CC1(OC(C)=O)C(=O)N(C)c2ccccc21)NOC(C)=O. The molecule has 1 atom stereocenters. The number of hydroxylamine groups is 1. The van der Waals surface area contributed by atoms with Crippen molar-refractivity contribution in [1.29, 1.82) is 0 Å². The van der Waals surface area contributed by atoms with Gasteiger partial charge in [0.25, 0.3) is 5.91 Å². The van der Waals surface area contributed by atoms with Crippen molar-refractivity contribution in [2.24, 2.45) is 0 Å². The molecule has 0 saturated heterocycles. The lowest BCUT2D eigenvalue weighted by molar-refractivity contribution is -0.166. The zero-order valence-corrected chi connectivity index (χ0v) is 13.2. The summed E-state index contributed by atoms with van der Waals surface area (Å²) in [5.74, 6) is -1.54. The molecule has 7 heteroatoms. The maximum atomic E-state index is 12.8. The number of rotatable bonds is 5. The quantitative estimate of drug-likeness (QED) is 0.652. The zero-order chi connectivity index (χ0) is 17.2. The highest BCUT2D eigenvalue weighted by molar-refractivity contribution is 6.07. The summed E-state index contributed by atoms with van der Waals surface area (Å²) in [6, 6.07) is 7.03. The number of hydrogen-bond donors (Lipinski definition) is 1. The molecule has 2 rings (SSSR count). The zero-order valence-electron chi connectivity index (χ0n) is 13.2. The number of fused-ring (bicyclic) bond motifs is 1. The first-order valence-electron chi connectivity index (χ1n) is 6.96. The van der Waals surface area contributed by atoms with Crippen LogP contribution in [0.4, 0.5) is 5.69 Å². The van der Waals surface area contributed by atoms with Crippen molar-refractivity contribution in [3.63, 3.8) is 0 Å². The van der Waals surface area contributed by atoms with Crippen molar-refractivity contribution in [3.05, 3.63) is 42.1 Å². The molecule has 0 aromatic heterocycles. The molecule has 23 heavy (non-hydrogen) atoms. The molecule has 122 valence electrons. The van der Waals surface area contributed by atoms with Crippen molar-refractivity contribution in [1.82, 2.24) is 5.48 Å². The summed E-state index contributed by atoms with van der Waals surface area (Å²) in [5.41, 5.74) is 2.29. The number of anilines is 1. The van der Waals surface area contributed by atoms with Gasteiger partial charge in [-0.3, -0.25) is 14.4 Å². The van der Waals surface area contributed by atoms with Gasteiger partial charge in [-0.2, -0.15) is 0 Å². The minimum atomic E-state index is -1.53. The van der Waals surface area contributed by atoms with E-state index in [1.54, 1.807) is 31.3 Å². The lowest BCUT2D eigenvalue weighted by Crippen LogP contribution is -2.43. The van der Waals surface area contributed by atoms with Gasteiger partial charge in [0.15, 0.2) is 0 Å². The predicted octanol–water partition coefficient (Wildman–Crippen LogP) is 1.39. The molecule has 1 amide bonds. The smallest absolute Gasteiger partial charge is 0.329 e. The molecule has 1 unspecified atom stereocenters. The maximum Gasteiger partial charge on any atom is 0.329 e. The van der Waals surface area contributed by atoms with Gasteiger partial charge in [-0.15, -0.1) is 0 Å². The molecule has 0 radical (unpaired) electrons. The van der Waals surface area contributed by atoms with Gasteiger partial charge in [0.1, 0.15) is 0 Å². The molecule has 1 aromatic rings. The summed E-state index contributed by atoms with van der Waals surface area (Å²) < 4.78 is 5.41. The first kappa shape index (κ1) is 16.5. The summed E-state index contributed by atoms with van der Waals surface area (Å²) in [6.45, 7) is 6.19. The topological polar surface area (TPSA) is 84.9 Å². The molecule has 0 bridgehead atoms.